The number of hydrogen-bond acceptors (Lipinski definition) is 5. The Morgan fingerprint density at radius 3 is 2.66 bits per heavy atom. The van der Waals surface area contributed by atoms with E-state index in [1.165, 1.54) is 44.3 Å². The molecule has 0 saturated carbocycles. The van der Waals surface area contributed by atoms with E-state index in [9.17, 15) is 4.79 Å². The van der Waals surface area contributed by atoms with Crippen molar-refractivity contribution < 1.29 is 14.3 Å². The lowest BCUT2D eigenvalue weighted by Crippen LogP contribution is -2.25. The van der Waals surface area contributed by atoms with Crippen molar-refractivity contribution in [2.45, 2.75) is 38.8 Å². The van der Waals surface area contributed by atoms with E-state index in [0.717, 1.165) is 12.1 Å². The van der Waals surface area contributed by atoms with Crippen LogP contribution in [0.2, 0.25) is 0 Å². The Labute approximate surface area is 173 Å². The molecule has 0 atom stereocenters. The maximum absolute atomic E-state index is 12.6. The van der Waals surface area contributed by atoms with Gasteiger partial charge < -0.3 is 14.8 Å². The number of methoxy groups -OCH3 is 1. The van der Waals surface area contributed by atoms with Crippen LogP contribution in [0.15, 0.2) is 42.6 Å². The zero-order valence-corrected chi connectivity index (χ0v) is 17.2. The van der Waals surface area contributed by atoms with Gasteiger partial charge in [-0.15, -0.1) is 0 Å². The summed E-state index contributed by atoms with van der Waals surface area (Å²) in [5.41, 5.74) is 2.82. The van der Waals surface area contributed by atoms with E-state index in [2.05, 4.69) is 33.4 Å². The first-order chi connectivity index (χ1) is 14.3. The molecule has 1 fully saturated rings. The number of likely N-dealkylation sites (tertiary alicyclic amines) is 1. The molecule has 1 saturated heterocycles. The largest absolute Gasteiger partial charge is 0.475 e. The van der Waals surface area contributed by atoms with Crippen LogP contribution >= 0.6 is 0 Å². The van der Waals surface area contributed by atoms with E-state index >= 15 is 0 Å². The fraction of sp³-hybridized carbons (Fsp3) is 0.478. The van der Waals surface area contributed by atoms with Crippen molar-refractivity contribution in [3.63, 3.8) is 0 Å². The molecule has 0 spiro atoms. The third-order valence-corrected chi connectivity index (χ3v) is 5.09. The second-order valence-corrected chi connectivity index (χ2v) is 7.39. The first kappa shape index (κ1) is 21.3. The number of aromatic nitrogens is 1. The summed E-state index contributed by atoms with van der Waals surface area (Å²) in [7, 11) is 1.61. The highest BCUT2D eigenvalue weighted by molar-refractivity contribution is 5.96. The number of benzene rings is 1. The summed E-state index contributed by atoms with van der Waals surface area (Å²) >= 11 is 0. The molecule has 0 aliphatic carbocycles. The molecule has 2 aromatic rings. The minimum Gasteiger partial charge on any atom is -0.475 e. The Morgan fingerprint density at radius 2 is 1.86 bits per heavy atom. The molecule has 1 aliphatic heterocycles. The van der Waals surface area contributed by atoms with Crippen molar-refractivity contribution in [1.82, 2.24) is 15.2 Å². The summed E-state index contributed by atoms with van der Waals surface area (Å²) in [6.07, 6.45) is 6.87. The molecule has 29 heavy (non-hydrogen) atoms. The van der Waals surface area contributed by atoms with Crippen LogP contribution < -0.4 is 10.1 Å². The van der Waals surface area contributed by atoms with Gasteiger partial charge in [0.15, 0.2) is 0 Å². The van der Waals surface area contributed by atoms with Crippen LogP contribution in [-0.2, 0) is 17.8 Å². The Bertz CT molecular complexity index is 773. The summed E-state index contributed by atoms with van der Waals surface area (Å²) in [5.74, 6) is 0.139. The van der Waals surface area contributed by atoms with Crippen LogP contribution in [0.4, 0.5) is 0 Å². The lowest BCUT2D eigenvalue weighted by atomic mass is 10.1. The molecule has 1 aromatic heterocycles. The summed E-state index contributed by atoms with van der Waals surface area (Å²) < 4.78 is 10.5. The molecule has 3 rings (SSSR count). The third-order valence-electron chi connectivity index (χ3n) is 5.09. The van der Waals surface area contributed by atoms with E-state index in [1.54, 1.807) is 25.4 Å². The highest BCUT2D eigenvalue weighted by Gasteiger charge is 2.14. The van der Waals surface area contributed by atoms with E-state index in [1.807, 2.05) is 6.07 Å². The van der Waals surface area contributed by atoms with Crippen LogP contribution in [0, 0.1) is 0 Å². The molecule has 0 unspecified atom stereocenters. The lowest BCUT2D eigenvalue weighted by molar-refractivity contribution is 0.0941. The molecule has 6 heteroatoms. The first-order valence-corrected chi connectivity index (χ1v) is 10.4. The zero-order valence-electron chi connectivity index (χ0n) is 17.2. The number of hydrogen-bond donors (Lipinski definition) is 1. The first-order valence-electron chi connectivity index (χ1n) is 10.4. The van der Waals surface area contributed by atoms with Crippen LogP contribution in [0.25, 0.3) is 0 Å². The van der Waals surface area contributed by atoms with E-state index in [0.29, 0.717) is 31.2 Å². The summed E-state index contributed by atoms with van der Waals surface area (Å²) in [6.45, 7) is 4.59. The maximum Gasteiger partial charge on any atom is 0.257 e. The van der Waals surface area contributed by atoms with Crippen LogP contribution in [0.5, 0.6) is 5.88 Å². The van der Waals surface area contributed by atoms with Gasteiger partial charge in [0, 0.05) is 26.4 Å². The second kappa shape index (κ2) is 11.5. The minimum atomic E-state index is -0.191. The minimum absolute atomic E-state index is 0.191. The molecule has 0 radical (unpaired) electrons. The van der Waals surface area contributed by atoms with E-state index < -0.39 is 0 Å². The smallest absolute Gasteiger partial charge is 0.257 e. The number of rotatable bonds is 9. The standard InChI is InChI=1S/C23H31N3O3/c1-28-14-15-29-23-21(10-7-11-24-23)22(27)25-17-19-8-6-9-20(16-19)18-26-12-4-2-3-5-13-26/h6-11,16H,2-5,12-15,17-18H2,1H3,(H,25,27). The van der Waals surface area contributed by atoms with Gasteiger partial charge in [0.05, 0.1) is 6.61 Å². The molecule has 156 valence electrons. The molecule has 1 aromatic carbocycles. The van der Waals surface area contributed by atoms with Crippen molar-refractivity contribution in [3.05, 3.63) is 59.3 Å². The Kier molecular flexibility index (Phi) is 8.46. The molecular weight excluding hydrogens is 366 g/mol. The normalized spacial score (nSPS) is 14.9. The average molecular weight is 398 g/mol. The number of nitrogens with one attached hydrogen (secondary N) is 1. The highest BCUT2D eigenvalue weighted by Crippen LogP contribution is 2.16. The third kappa shape index (κ3) is 6.84. The van der Waals surface area contributed by atoms with Gasteiger partial charge in [-0.05, 0) is 49.2 Å². The Hall–Kier alpha value is -2.44. The quantitative estimate of drug-likeness (QED) is 0.657. The van der Waals surface area contributed by atoms with Crippen molar-refractivity contribution >= 4 is 5.91 Å². The van der Waals surface area contributed by atoms with E-state index in [4.69, 9.17) is 9.47 Å². The zero-order chi connectivity index (χ0) is 20.3. The van der Waals surface area contributed by atoms with E-state index in [-0.39, 0.29) is 5.91 Å². The van der Waals surface area contributed by atoms with Crippen LogP contribution in [0.1, 0.15) is 47.2 Å². The Balaban J connectivity index is 1.56. The molecule has 2 heterocycles. The second-order valence-electron chi connectivity index (χ2n) is 7.39. The van der Waals surface area contributed by atoms with Gasteiger partial charge in [0.25, 0.3) is 5.91 Å². The molecule has 1 amide bonds. The van der Waals surface area contributed by atoms with Crippen molar-refractivity contribution in [1.29, 1.82) is 0 Å². The van der Waals surface area contributed by atoms with Gasteiger partial charge in [0.1, 0.15) is 12.2 Å². The average Bonchev–Trinajstić information content (AvgIpc) is 3.01. The predicted molar refractivity (Wildman–Crippen MR) is 113 cm³/mol. The van der Waals surface area contributed by atoms with Gasteiger partial charge in [-0.1, -0.05) is 37.1 Å². The fourth-order valence-corrected chi connectivity index (χ4v) is 3.57. The number of ether oxygens (including phenoxy) is 2. The molecule has 1 N–H and O–H groups in total. The lowest BCUT2D eigenvalue weighted by Gasteiger charge is -2.20. The van der Waals surface area contributed by atoms with Gasteiger partial charge in [0.2, 0.25) is 5.88 Å². The fourth-order valence-electron chi connectivity index (χ4n) is 3.57. The molecule has 0 bridgehead atoms. The van der Waals surface area contributed by atoms with Gasteiger partial charge in [-0.2, -0.15) is 0 Å². The van der Waals surface area contributed by atoms with Gasteiger partial charge in [-0.25, -0.2) is 4.98 Å². The van der Waals surface area contributed by atoms with Crippen molar-refractivity contribution in [2.75, 3.05) is 33.4 Å². The maximum atomic E-state index is 12.6. The van der Waals surface area contributed by atoms with Gasteiger partial charge in [-0.3, -0.25) is 9.69 Å². The van der Waals surface area contributed by atoms with Crippen LogP contribution in [0.3, 0.4) is 0 Å². The summed E-state index contributed by atoms with van der Waals surface area (Å²) in [6, 6.07) is 11.9. The summed E-state index contributed by atoms with van der Waals surface area (Å²) in [5, 5.41) is 2.98. The number of carbonyl (C=O) groups excluding carboxylic acids is 1. The monoisotopic (exact) mass is 397 g/mol. The Morgan fingerprint density at radius 1 is 1.07 bits per heavy atom. The highest BCUT2D eigenvalue weighted by atomic mass is 16.5. The summed E-state index contributed by atoms with van der Waals surface area (Å²) in [4.78, 5) is 19.3. The number of pyridine rings is 1. The number of carbonyl (C=O) groups is 1. The van der Waals surface area contributed by atoms with Crippen molar-refractivity contribution in [3.8, 4) is 5.88 Å². The molecule has 6 nitrogen and oxygen atoms in total. The number of amides is 1. The predicted octanol–water partition coefficient (Wildman–Crippen LogP) is 3.41. The topological polar surface area (TPSA) is 63.7 Å². The number of nitrogens with zero attached hydrogens (tertiary/aromatic N) is 2. The SMILES string of the molecule is COCCOc1ncccc1C(=O)NCc1cccc(CN2CCCCCC2)c1. The van der Waals surface area contributed by atoms with Gasteiger partial charge >= 0.3 is 0 Å². The van der Waals surface area contributed by atoms with Crippen molar-refractivity contribution in [2.24, 2.45) is 0 Å². The van der Waals surface area contributed by atoms with Crippen LogP contribution in [-0.4, -0.2) is 49.2 Å². The molecular formula is C23H31N3O3. The molecule has 1 aliphatic rings.